The van der Waals surface area contributed by atoms with Gasteiger partial charge in [-0.2, -0.15) is 18.2 Å². The van der Waals surface area contributed by atoms with Crippen LogP contribution in [0.3, 0.4) is 0 Å². The summed E-state index contributed by atoms with van der Waals surface area (Å²) in [5.41, 5.74) is 6.45. The predicted molar refractivity (Wildman–Crippen MR) is 65.7 cm³/mol. The first kappa shape index (κ1) is 11.8. The van der Waals surface area contributed by atoms with Gasteiger partial charge >= 0.3 is 0 Å². The number of H-pyrrole nitrogens is 1. The molecule has 0 unspecified atom stereocenters. The standard InChI is InChI=1S/C9H13N5O2S/c10-3-4-12-17(15,16)14-8-2-1-7-6-11-13-9(7)5-8/h1-2,5-6,12,14H,3-4,10H2,(H,11,13). The van der Waals surface area contributed by atoms with Crippen molar-refractivity contribution >= 4 is 26.8 Å². The number of anilines is 1. The van der Waals surface area contributed by atoms with Gasteiger partial charge in [-0.3, -0.25) is 9.82 Å². The van der Waals surface area contributed by atoms with Gasteiger partial charge in [-0.15, -0.1) is 0 Å². The van der Waals surface area contributed by atoms with Crippen molar-refractivity contribution in [3.05, 3.63) is 24.4 Å². The molecule has 8 heteroatoms. The van der Waals surface area contributed by atoms with Crippen molar-refractivity contribution in [2.45, 2.75) is 0 Å². The third kappa shape index (κ3) is 2.93. The van der Waals surface area contributed by atoms with Crippen LogP contribution in [-0.4, -0.2) is 31.7 Å². The number of fused-ring (bicyclic) bond motifs is 1. The normalized spacial score (nSPS) is 11.8. The van der Waals surface area contributed by atoms with E-state index in [-0.39, 0.29) is 13.1 Å². The number of nitrogens with zero attached hydrogens (tertiary/aromatic N) is 1. The van der Waals surface area contributed by atoms with E-state index in [1.165, 1.54) is 0 Å². The van der Waals surface area contributed by atoms with E-state index in [1.54, 1.807) is 24.4 Å². The molecule has 0 aliphatic rings. The topological polar surface area (TPSA) is 113 Å². The van der Waals surface area contributed by atoms with E-state index < -0.39 is 10.2 Å². The summed E-state index contributed by atoms with van der Waals surface area (Å²) in [7, 11) is -3.56. The van der Waals surface area contributed by atoms with Crippen LogP contribution in [0.5, 0.6) is 0 Å². The van der Waals surface area contributed by atoms with Gasteiger partial charge in [0.15, 0.2) is 0 Å². The second kappa shape index (κ2) is 4.70. The number of aromatic nitrogens is 2. The highest BCUT2D eigenvalue weighted by atomic mass is 32.2. The molecule has 0 bridgehead atoms. The number of hydrogen-bond acceptors (Lipinski definition) is 4. The summed E-state index contributed by atoms with van der Waals surface area (Å²) < 4.78 is 27.8. The van der Waals surface area contributed by atoms with Crippen LogP contribution in [0.25, 0.3) is 10.9 Å². The van der Waals surface area contributed by atoms with Crippen LogP contribution in [0.15, 0.2) is 24.4 Å². The lowest BCUT2D eigenvalue weighted by molar-refractivity contribution is 0.587. The van der Waals surface area contributed by atoms with Gasteiger partial charge < -0.3 is 5.73 Å². The minimum absolute atomic E-state index is 0.196. The van der Waals surface area contributed by atoms with Gasteiger partial charge in [0, 0.05) is 18.5 Å². The van der Waals surface area contributed by atoms with E-state index in [9.17, 15) is 8.42 Å². The zero-order valence-electron chi connectivity index (χ0n) is 8.97. The molecule has 0 atom stereocenters. The summed E-state index contributed by atoms with van der Waals surface area (Å²) in [6.45, 7) is 0.447. The summed E-state index contributed by atoms with van der Waals surface area (Å²) in [6.07, 6.45) is 1.67. The first-order chi connectivity index (χ1) is 8.11. The molecule has 1 aromatic heterocycles. The average molecular weight is 255 g/mol. The Morgan fingerprint density at radius 2 is 2.24 bits per heavy atom. The zero-order valence-corrected chi connectivity index (χ0v) is 9.79. The number of aromatic amines is 1. The smallest absolute Gasteiger partial charge is 0.299 e. The van der Waals surface area contributed by atoms with Crippen LogP contribution in [0, 0.1) is 0 Å². The second-order valence-electron chi connectivity index (χ2n) is 3.46. The number of nitrogens with one attached hydrogen (secondary N) is 3. The van der Waals surface area contributed by atoms with Crippen LogP contribution < -0.4 is 15.2 Å². The quantitative estimate of drug-likeness (QED) is 0.591. The van der Waals surface area contributed by atoms with Crippen molar-refractivity contribution in [1.29, 1.82) is 0 Å². The molecule has 17 heavy (non-hydrogen) atoms. The third-order valence-corrected chi connectivity index (χ3v) is 3.22. The minimum atomic E-state index is -3.56. The van der Waals surface area contributed by atoms with Crippen molar-refractivity contribution in [3.8, 4) is 0 Å². The predicted octanol–water partition coefficient (Wildman–Crippen LogP) is -0.232. The molecule has 0 spiro atoms. The molecule has 0 aliphatic heterocycles. The molecule has 7 nitrogen and oxygen atoms in total. The maximum Gasteiger partial charge on any atom is 0.299 e. The Kier molecular flexibility index (Phi) is 3.27. The lowest BCUT2D eigenvalue weighted by atomic mass is 10.2. The van der Waals surface area contributed by atoms with Gasteiger partial charge in [-0.1, -0.05) is 0 Å². The summed E-state index contributed by atoms with van der Waals surface area (Å²) >= 11 is 0. The Balaban J connectivity index is 2.17. The molecule has 2 aromatic rings. The van der Waals surface area contributed by atoms with Crippen molar-refractivity contribution < 1.29 is 8.42 Å². The van der Waals surface area contributed by atoms with Crippen LogP contribution >= 0.6 is 0 Å². The summed E-state index contributed by atoms with van der Waals surface area (Å²) in [5, 5.41) is 7.54. The van der Waals surface area contributed by atoms with Crippen molar-refractivity contribution in [3.63, 3.8) is 0 Å². The Morgan fingerprint density at radius 1 is 1.41 bits per heavy atom. The number of benzene rings is 1. The van der Waals surface area contributed by atoms with Gasteiger partial charge in [0.2, 0.25) is 0 Å². The van der Waals surface area contributed by atoms with Gasteiger partial charge in [-0.05, 0) is 18.2 Å². The highest BCUT2D eigenvalue weighted by Gasteiger charge is 2.08. The van der Waals surface area contributed by atoms with Crippen LogP contribution in [0.1, 0.15) is 0 Å². The second-order valence-corrected chi connectivity index (χ2v) is 4.96. The Morgan fingerprint density at radius 3 is 3.00 bits per heavy atom. The van der Waals surface area contributed by atoms with Crippen molar-refractivity contribution in [2.75, 3.05) is 17.8 Å². The fourth-order valence-electron chi connectivity index (χ4n) is 1.39. The van der Waals surface area contributed by atoms with Crippen molar-refractivity contribution in [2.24, 2.45) is 5.73 Å². The van der Waals surface area contributed by atoms with Gasteiger partial charge in [0.25, 0.3) is 10.2 Å². The van der Waals surface area contributed by atoms with E-state index in [1.807, 2.05) is 0 Å². The fourth-order valence-corrected chi connectivity index (χ4v) is 2.28. The van der Waals surface area contributed by atoms with Crippen LogP contribution in [0.2, 0.25) is 0 Å². The lowest BCUT2D eigenvalue weighted by Crippen LogP contribution is -2.33. The molecule has 2 rings (SSSR count). The van der Waals surface area contributed by atoms with Crippen LogP contribution in [0.4, 0.5) is 5.69 Å². The molecule has 1 aromatic carbocycles. The average Bonchev–Trinajstić information content (AvgIpc) is 2.73. The third-order valence-electron chi connectivity index (χ3n) is 2.13. The molecule has 0 saturated heterocycles. The molecule has 0 radical (unpaired) electrons. The van der Waals surface area contributed by atoms with E-state index in [2.05, 4.69) is 19.6 Å². The van der Waals surface area contributed by atoms with E-state index in [4.69, 9.17) is 5.73 Å². The molecule has 92 valence electrons. The highest BCUT2D eigenvalue weighted by Crippen LogP contribution is 2.16. The molecular weight excluding hydrogens is 242 g/mol. The zero-order chi connectivity index (χ0) is 12.3. The molecule has 0 saturated carbocycles. The molecule has 0 aliphatic carbocycles. The highest BCUT2D eigenvalue weighted by molar-refractivity contribution is 7.90. The van der Waals surface area contributed by atoms with Gasteiger partial charge in [0.05, 0.1) is 17.4 Å². The Hall–Kier alpha value is -1.64. The van der Waals surface area contributed by atoms with Crippen LogP contribution in [-0.2, 0) is 10.2 Å². The summed E-state index contributed by atoms with van der Waals surface area (Å²) in [5.74, 6) is 0. The fraction of sp³-hybridized carbons (Fsp3) is 0.222. The maximum atomic E-state index is 11.5. The SMILES string of the molecule is NCCNS(=O)(=O)Nc1ccc2cn[nH]c2c1. The molecular formula is C9H13N5O2S. The Labute approximate surface area is 98.6 Å². The first-order valence-corrected chi connectivity index (χ1v) is 6.50. The number of hydrogen-bond donors (Lipinski definition) is 4. The summed E-state index contributed by atoms with van der Waals surface area (Å²) in [4.78, 5) is 0. The lowest BCUT2D eigenvalue weighted by Gasteiger charge is -2.08. The number of nitrogens with two attached hydrogens (primary N) is 1. The molecule has 5 N–H and O–H groups in total. The Bertz CT molecular complexity index is 607. The maximum absolute atomic E-state index is 11.5. The largest absolute Gasteiger partial charge is 0.329 e. The number of rotatable bonds is 5. The monoisotopic (exact) mass is 255 g/mol. The van der Waals surface area contributed by atoms with E-state index >= 15 is 0 Å². The van der Waals surface area contributed by atoms with E-state index in [0.29, 0.717) is 5.69 Å². The minimum Gasteiger partial charge on any atom is -0.329 e. The first-order valence-electron chi connectivity index (χ1n) is 5.01. The molecule has 1 heterocycles. The van der Waals surface area contributed by atoms with Gasteiger partial charge in [-0.25, -0.2) is 0 Å². The molecule has 0 amide bonds. The van der Waals surface area contributed by atoms with Crippen molar-refractivity contribution in [1.82, 2.24) is 14.9 Å². The summed E-state index contributed by atoms with van der Waals surface area (Å²) in [6, 6.07) is 5.11. The molecule has 0 fully saturated rings. The van der Waals surface area contributed by atoms with E-state index in [0.717, 1.165) is 10.9 Å². The van der Waals surface area contributed by atoms with Gasteiger partial charge in [0.1, 0.15) is 0 Å².